The first-order valence-corrected chi connectivity index (χ1v) is 10.3. The van der Waals surface area contributed by atoms with Crippen LogP contribution in [0, 0.1) is 11.6 Å². The van der Waals surface area contributed by atoms with Gasteiger partial charge in [-0.3, -0.25) is 0 Å². The summed E-state index contributed by atoms with van der Waals surface area (Å²) in [4.78, 5) is 15.9. The molecular formula is C22H13F2NO5S. The van der Waals surface area contributed by atoms with Crippen LogP contribution in [0.2, 0.25) is 0 Å². The van der Waals surface area contributed by atoms with Crippen molar-refractivity contribution in [1.82, 2.24) is 0 Å². The summed E-state index contributed by atoms with van der Waals surface area (Å²) in [5, 5.41) is 0. The Morgan fingerprint density at radius 2 is 1.58 bits per heavy atom. The first-order chi connectivity index (χ1) is 14.8. The van der Waals surface area contributed by atoms with E-state index in [1.807, 2.05) is 0 Å². The smallest absolute Gasteiger partial charge is 0.363 e. The molecule has 1 heterocycles. The minimum atomic E-state index is -4.13. The predicted octanol–water partition coefficient (Wildman–Crippen LogP) is 4.08. The summed E-state index contributed by atoms with van der Waals surface area (Å²) in [7, 11) is -4.13. The van der Waals surface area contributed by atoms with Crippen LogP contribution in [-0.4, -0.2) is 20.3 Å². The summed E-state index contributed by atoms with van der Waals surface area (Å²) < 4.78 is 61.4. The van der Waals surface area contributed by atoms with Gasteiger partial charge >= 0.3 is 16.1 Å². The molecule has 1 aliphatic rings. The number of halogens is 2. The molecule has 0 fully saturated rings. The molecule has 0 atom stereocenters. The number of hydrogen-bond donors (Lipinski definition) is 0. The standard InChI is InChI=1S/C22H13F2NO5S/c23-15-7-11-17(12-8-15)31(27,28)30-16-9-5-14(6-10-16)13-20-22(26)29-21(25-20)18-3-1-2-4-19(18)24/h1-13H/b20-13-. The number of nitrogens with zero attached hydrogens (tertiary/aromatic N) is 1. The molecule has 4 rings (SSSR count). The average molecular weight is 441 g/mol. The van der Waals surface area contributed by atoms with Crippen molar-refractivity contribution in [2.24, 2.45) is 4.99 Å². The number of aliphatic imine (C=N–C) groups is 1. The maximum Gasteiger partial charge on any atom is 0.363 e. The van der Waals surface area contributed by atoms with Gasteiger partial charge in [-0.25, -0.2) is 18.6 Å². The highest BCUT2D eigenvalue weighted by Gasteiger charge is 2.26. The van der Waals surface area contributed by atoms with Gasteiger partial charge in [-0.1, -0.05) is 24.3 Å². The second-order valence-corrected chi connectivity index (χ2v) is 7.92. The Morgan fingerprint density at radius 1 is 0.903 bits per heavy atom. The van der Waals surface area contributed by atoms with Crippen LogP contribution in [-0.2, 0) is 19.6 Å². The zero-order chi connectivity index (χ0) is 22.0. The van der Waals surface area contributed by atoms with Gasteiger partial charge in [0.1, 0.15) is 22.3 Å². The summed E-state index contributed by atoms with van der Waals surface area (Å²) >= 11 is 0. The van der Waals surface area contributed by atoms with E-state index < -0.39 is 27.7 Å². The number of carbonyl (C=O) groups excluding carboxylic acids is 1. The lowest BCUT2D eigenvalue weighted by atomic mass is 10.2. The Balaban J connectivity index is 1.53. The maximum atomic E-state index is 13.9. The number of hydrogen-bond acceptors (Lipinski definition) is 6. The summed E-state index contributed by atoms with van der Waals surface area (Å²) in [6.07, 6.45) is 1.41. The third-order valence-electron chi connectivity index (χ3n) is 4.22. The quantitative estimate of drug-likeness (QED) is 0.339. The molecule has 0 saturated carbocycles. The van der Waals surface area contributed by atoms with E-state index in [9.17, 15) is 22.0 Å². The van der Waals surface area contributed by atoms with E-state index in [2.05, 4.69) is 4.99 Å². The van der Waals surface area contributed by atoms with Crippen molar-refractivity contribution in [3.63, 3.8) is 0 Å². The third kappa shape index (κ3) is 4.51. The molecule has 0 aromatic heterocycles. The van der Waals surface area contributed by atoms with Gasteiger partial charge in [0.25, 0.3) is 0 Å². The number of ether oxygens (including phenoxy) is 1. The molecule has 9 heteroatoms. The van der Waals surface area contributed by atoms with Crippen molar-refractivity contribution in [2.45, 2.75) is 4.90 Å². The lowest BCUT2D eigenvalue weighted by Gasteiger charge is -2.07. The molecule has 156 valence electrons. The molecule has 0 aliphatic carbocycles. The fourth-order valence-electron chi connectivity index (χ4n) is 2.71. The van der Waals surface area contributed by atoms with Gasteiger partial charge in [-0.05, 0) is 60.2 Å². The fourth-order valence-corrected chi connectivity index (χ4v) is 3.64. The van der Waals surface area contributed by atoms with E-state index in [-0.39, 0.29) is 27.8 Å². The topological polar surface area (TPSA) is 82.0 Å². The zero-order valence-electron chi connectivity index (χ0n) is 15.7. The minimum Gasteiger partial charge on any atom is -0.402 e. The van der Waals surface area contributed by atoms with Crippen LogP contribution >= 0.6 is 0 Å². The highest BCUT2D eigenvalue weighted by atomic mass is 32.2. The predicted molar refractivity (Wildman–Crippen MR) is 108 cm³/mol. The first-order valence-electron chi connectivity index (χ1n) is 8.89. The van der Waals surface area contributed by atoms with Gasteiger partial charge < -0.3 is 8.92 Å². The van der Waals surface area contributed by atoms with Gasteiger partial charge in [-0.15, -0.1) is 0 Å². The second kappa shape index (κ2) is 8.11. The Bertz CT molecular complexity index is 1310. The van der Waals surface area contributed by atoms with E-state index in [1.165, 1.54) is 48.5 Å². The van der Waals surface area contributed by atoms with Gasteiger partial charge in [0.05, 0.1) is 5.56 Å². The Kier molecular flexibility index (Phi) is 5.35. The normalized spacial score (nSPS) is 15.0. The van der Waals surface area contributed by atoms with E-state index in [0.29, 0.717) is 5.56 Å². The largest absolute Gasteiger partial charge is 0.402 e. The molecule has 0 spiro atoms. The third-order valence-corrected chi connectivity index (χ3v) is 5.48. The minimum absolute atomic E-state index is 0.0241. The van der Waals surface area contributed by atoms with Gasteiger partial charge in [-0.2, -0.15) is 8.42 Å². The van der Waals surface area contributed by atoms with Crippen LogP contribution < -0.4 is 4.18 Å². The van der Waals surface area contributed by atoms with Gasteiger partial charge in [0, 0.05) is 0 Å². The van der Waals surface area contributed by atoms with Gasteiger partial charge in [0.15, 0.2) is 5.70 Å². The summed E-state index contributed by atoms with van der Waals surface area (Å²) in [5.41, 5.74) is 0.539. The highest BCUT2D eigenvalue weighted by molar-refractivity contribution is 7.87. The van der Waals surface area contributed by atoms with Crippen molar-refractivity contribution in [3.05, 3.63) is 101 Å². The average Bonchev–Trinajstić information content (AvgIpc) is 3.10. The second-order valence-electron chi connectivity index (χ2n) is 6.38. The maximum absolute atomic E-state index is 13.9. The number of cyclic esters (lactones) is 1. The number of rotatable bonds is 5. The number of esters is 1. The van der Waals surface area contributed by atoms with Crippen molar-refractivity contribution in [1.29, 1.82) is 0 Å². The first kappa shape index (κ1) is 20.4. The van der Waals surface area contributed by atoms with Crippen LogP contribution in [0.1, 0.15) is 11.1 Å². The van der Waals surface area contributed by atoms with E-state index in [0.717, 1.165) is 24.3 Å². The zero-order valence-corrected chi connectivity index (χ0v) is 16.5. The van der Waals surface area contributed by atoms with E-state index in [4.69, 9.17) is 8.92 Å². The molecule has 3 aromatic rings. The summed E-state index contributed by atoms with van der Waals surface area (Å²) in [6.45, 7) is 0. The van der Waals surface area contributed by atoms with E-state index in [1.54, 1.807) is 6.07 Å². The molecule has 0 bridgehead atoms. The van der Waals surface area contributed by atoms with E-state index >= 15 is 0 Å². The van der Waals surface area contributed by atoms with Crippen LogP contribution in [0.15, 0.2) is 88.4 Å². The molecule has 6 nitrogen and oxygen atoms in total. The Hall–Kier alpha value is -3.85. The monoisotopic (exact) mass is 441 g/mol. The SMILES string of the molecule is O=C1OC(c2ccccc2F)=N/C1=C\c1ccc(OS(=O)(=O)c2ccc(F)cc2)cc1. The van der Waals surface area contributed by atoms with Crippen LogP contribution in [0.3, 0.4) is 0 Å². The number of benzene rings is 3. The molecule has 0 saturated heterocycles. The van der Waals surface area contributed by atoms with Crippen molar-refractivity contribution < 1.29 is 30.9 Å². The van der Waals surface area contributed by atoms with Crippen molar-refractivity contribution in [3.8, 4) is 5.75 Å². The van der Waals surface area contributed by atoms with Crippen molar-refractivity contribution >= 4 is 28.1 Å². The molecule has 3 aromatic carbocycles. The van der Waals surface area contributed by atoms with Gasteiger partial charge in [0.2, 0.25) is 5.90 Å². The van der Waals surface area contributed by atoms with Crippen LogP contribution in [0.5, 0.6) is 5.75 Å². The molecular weight excluding hydrogens is 428 g/mol. The van der Waals surface area contributed by atoms with Crippen LogP contribution in [0.25, 0.3) is 6.08 Å². The highest BCUT2D eigenvalue weighted by Crippen LogP contribution is 2.23. The molecule has 0 N–H and O–H groups in total. The molecule has 31 heavy (non-hydrogen) atoms. The number of carbonyl (C=O) groups is 1. The lowest BCUT2D eigenvalue weighted by Crippen LogP contribution is -2.09. The van der Waals surface area contributed by atoms with Crippen molar-refractivity contribution in [2.75, 3.05) is 0 Å². The van der Waals surface area contributed by atoms with Crippen LogP contribution in [0.4, 0.5) is 8.78 Å². The molecule has 0 amide bonds. The Morgan fingerprint density at radius 3 is 2.26 bits per heavy atom. The molecule has 0 radical (unpaired) electrons. The summed E-state index contributed by atoms with van der Waals surface area (Å²) in [6, 6.07) is 15.8. The molecule has 0 unspecified atom stereocenters. The Labute approximate surface area is 176 Å². The fraction of sp³-hybridized carbons (Fsp3) is 0. The lowest BCUT2D eigenvalue weighted by molar-refractivity contribution is -0.129. The summed E-state index contributed by atoms with van der Waals surface area (Å²) in [5.74, 6) is -1.99. The molecule has 1 aliphatic heterocycles.